The van der Waals surface area contributed by atoms with Crippen LogP contribution in [0.25, 0.3) is 0 Å². The summed E-state index contributed by atoms with van der Waals surface area (Å²) in [5.41, 5.74) is 2.06. The number of nitrogens with zero attached hydrogens (tertiary/aromatic N) is 2. The maximum absolute atomic E-state index is 10.6. The van der Waals surface area contributed by atoms with Crippen molar-refractivity contribution in [2.24, 2.45) is 0 Å². The summed E-state index contributed by atoms with van der Waals surface area (Å²) in [7, 11) is 0. The van der Waals surface area contributed by atoms with Crippen LogP contribution in [0.2, 0.25) is 5.02 Å². The van der Waals surface area contributed by atoms with Crippen LogP contribution in [-0.4, -0.2) is 4.92 Å². The molecule has 0 aromatic heterocycles. The quantitative estimate of drug-likeness (QED) is 0.686. The molecule has 2 aromatic carbocycles. The number of nitrogens with one attached hydrogen (secondary N) is 1. The van der Waals surface area contributed by atoms with Crippen LogP contribution in [0, 0.1) is 21.4 Å². The van der Waals surface area contributed by atoms with Gasteiger partial charge in [-0.05, 0) is 23.8 Å². The lowest BCUT2D eigenvalue weighted by Gasteiger charge is -2.08. The molecule has 0 unspecified atom stereocenters. The van der Waals surface area contributed by atoms with Gasteiger partial charge in [-0.15, -0.1) is 0 Å². The molecule has 0 amide bonds. The van der Waals surface area contributed by atoms with E-state index in [4.69, 9.17) is 16.9 Å². The van der Waals surface area contributed by atoms with Crippen LogP contribution in [0.15, 0.2) is 42.5 Å². The Bertz CT molecular complexity index is 678. The van der Waals surface area contributed by atoms with E-state index in [0.29, 0.717) is 22.8 Å². The maximum Gasteiger partial charge on any atom is 0.269 e. The van der Waals surface area contributed by atoms with Gasteiger partial charge in [0.15, 0.2) is 0 Å². The Hall–Kier alpha value is -2.58. The van der Waals surface area contributed by atoms with Gasteiger partial charge < -0.3 is 5.32 Å². The van der Waals surface area contributed by atoms with Crippen molar-refractivity contribution < 1.29 is 4.92 Å². The number of rotatable bonds is 4. The van der Waals surface area contributed by atoms with E-state index in [-0.39, 0.29) is 5.69 Å². The summed E-state index contributed by atoms with van der Waals surface area (Å²) in [5, 5.41) is 23.2. The van der Waals surface area contributed by atoms with Crippen molar-refractivity contribution in [1.29, 1.82) is 5.26 Å². The highest BCUT2D eigenvalue weighted by Gasteiger charge is 2.05. The average molecular weight is 288 g/mol. The van der Waals surface area contributed by atoms with Crippen LogP contribution in [0.1, 0.15) is 11.1 Å². The normalized spacial score (nSPS) is 9.80. The van der Waals surface area contributed by atoms with Crippen molar-refractivity contribution in [2.75, 3.05) is 5.32 Å². The van der Waals surface area contributed by atoms with Gasteiger partial charge in [-0.25, -0.2) is 0 Å². The van der Waals surface area contributed by atoms with Crippen LogP contribution >= 0.6 is 11.6 Å². The molecule has 5 nitrogen and oxygen atoms in total. The smallest absolute Gasteiger partial charge is 0.269 e. The molecular weight excluding hydrogens is 278 g/mol. The zero-order chi connectivity index (χ0) is 14.5. The number of anilines is 1. The Balaban J connectivity index is 2.11. The first-order chi connectivity index (χ1) is 9.60. The molecule has 0 heterocycles. The average Bonchev–Trinajstić information content (AvgIpc) is 2.45. The highest BCUT2D eigenvalue weighted by molar-refractivity contribution is 6.30. The van der Waals surface area contributed by atoms with E-state index in [0.717, 1.165) is 5.56 Å². The summed E-state index contributed by atoms with van der Waals surface area (Å²) in [4.78, 5) is 10.1. The van der Waals surface area contributed by atoms with Gasteiger partial charge in [-0.3, -0.25) is 10.1 Å². The molecular formula is C14H10ClN3O2. The van der Waals surface area contributed by atoms with E-state index >= 15 is 0 Å². The first-order valence-corrected chi connectivity index (χ1v) is 6.15. The standard InChI is InChI=1S/C14H10ClN3O2/c15-12-4-3-11(8-16)14(7-12)17-9-10-1-5-13(6-2-10)18(19)20/h1-7,17H,9H2. The molecule has 2 aromatic rings. The Labute approximate surface area is 120 Å². The van der Waals surface area contributed by atoms with Crippen molar-refractivity contribution in [1.82, 2.24) is 0 Å². The van der Waals surface area contributed by atoms with Gasteiger partial charge in [0.2, 0.25) is 0 Å². The monoisotopic (exact) mass is 287 g/mol. The predicted octanol–water partition coefficient (Wildman–Crippen LogP) is 3.73. The van der Waals surface area contributed by atoms with Crippen molar-refractivity contribution in [3.63, 3.8) is 0 Å². The molecule has 20 heavy (non-hydrogen) atoms. The van der Waals surface area contributed by atoms with Gasteiger partial charge in [-0.2, -0.15) is 5.26 Å². The zero-order valence-electron chi connectivity index (χ0n) is 10.3. The van der Waals surface area contributed by atoms with E-state index in [9.17, 15) is 10.1 Å². The summed E-state index contributed by atoms with van der Waals surface area (Å²) in [6.07, 6.45) is 0. The third kappa shape index (κ3) is 3.25. The largest absolute Gasteiger partial charge is 0.380 e. The van der Waals surface area contributed by atoms with Crippen LogP contribution in [0.4, 0.5) is 11.4 Å². The molecule has 0 saturated carbocycles. The Kier molecular flexibility index (Phi) is 4.18. The lowest BCUT2D eigenvalue weighted by molar-refractivity contribution is -0.384. The topological polar surface area (TPSA) is 79.0 Å². The molecule has 0 aliphatic carbocycles. The minimum absolute atomic E-state index is 0.0502. The summed E-state index contributed by atoms with van der Waals surface area (Å²) >= 11 is 5.89. The van der Waals surface area contributed by atoms with E-state index < -0.39 is 4.92 Å². The van der Waals surface area contributed by atoms with Gasteiger partial charge in [0, 0.05) is 23.7 Å². The lowest BCUT2D eigenvalue weighted by atomic mass is 10.1. The number of hydrogen-bond acceptors (Lipinski definition) is 4. The molecule has 6 heteroatoms. The minimum atomic E-state index is -0.442. The fraction of sp³-hybridized carbons (Fsp3) is 0.0714. The van der Waals surface area contributed by atoms with Crippen molar-refractivity contribution in [3.05, 3.63) is 68.7 Å². The van der Waals surface area contributed by atoms with Gasteiger partial charge in [0.1, 0.15) is 6.07 Å². The number of benzene rings is 2. The van der Waals surface area contributed by atoms with Crippen LogP contribution in [-0.2, 0) is 6.54 Å². The van der Waals surface area contributed by atoms with Gasteiger partial charge in [-0.1, -0.05) is 23.7 Å². The predicted molar refractivity (Wildman–Crippen MR) is 76.6 cm³/mol. The van der Waals surface area contributed by atoms with Crippen LogP contribution in [0.5, 0.6) is 0 Å². The summed E-state index contributed by atoms with van der Waals surface area (Å²) in [6, 6.07) is 13.3. The van der Waals surface area contributed by atoms with Crippen LogP contribution < -0.4 is 5.32 Å². The summed E-state index contributed by atoms with van der Waals surface area (Å²) < 4.78 is 0. The Morgan fingerprint density at radius 1 is 1.25 bits per heavy atom. The number of nitro benzene ring substituents is 1. The highest BCUT2D eigenvalue weighted by atomic mass is 35.5. The molecule has 0 radical (unpaired) electrons. The number of halogens is 1. The van der Waals surface area contributed by atoms with Gasteiger partial charge in [0.25, 0.3) is 5.69 Å². The Morgan fingerprint density at radius 3 is 2.55 bits per heavy atom. The molecule has 1 N–H and O–H groups in total. The molecule has 0 aliphatic heterocycles. The van der Waals surface area contributed by atoms with Crippen molar-refractivity contribution in [3.8, 4) is 6.07 Å². The number of nitro groups is 1. The SMILES string of the molecule is N#Cc1ccc(Cl)cc1NCc1ccc([N+](=O)[O-])cc1. The number of nitriles is 1. The number of non-ortho nitro benzene ring substituents is 1. The third-order valence-electron chi connectivity index (χ3n) is 2.73. The molecule has 0 aliphatic rings. The van der Waals surface area contributed by atoms with Gasteiger partial charge in [0.05, 0.1) is 16.2 Å². The molecule has 0 bridgehead atoms. The minimum Gasteiger partial charge on any atom is -0.380 e. The van der Waals surface area contributed by atoms with Crippen molar-refractivity contribution in [2.45, 2.75) is 6.54 Å². The summed E-state index contributed by atoms with van der Waals surface area (Å²) in [6.45, 7) is 0.451. The molecule has 2 rings (SSSR count). The molecule has 0 fully saturated rings. The zero-order valence-corrected chi connectivity index (χ0v) is 11.1. The second-order valence-corrected chi connectivity index (χ2v) is 4.52. The van der Waals surface area contributed by atoms with E-state index in [1.165, 1.54) is 12.1 Å². The van der Waals surface area contributed by atoms with E-state index in [1.807, 2.05) is 0 Å². The maximum atomic E-state index is 10.6. The highest BCUT2D eigenvalue weighted by Crippen LogP contribution is 2.21. The first kappa shape index (κ1) is 13.8. The fourth-order valence-corrected chi connectivity index (χ4v) is 1.87. The van der Waals surface area contributed by atoms with Crippen molar-refractivity contribution >= 4 is 23.0 Å². The molecule has 0 saturated heterocycles. The lowest BCUT2D eigenvalue weighted by Crippen LogP contribution is -2.01. The second kappa shape index (κ2) is 6.04. The molecule has 0 atom stereocenters. The molecule has 0 spiro atoms. The molecule has 100 valence electrons. The summed E-state index contributed by atoms with van der Waals surface area (Å²) in [5.74, 6) is 0. The number of hydrogen-bond donors (Lipinski definition) is 1. The fourth-order valence-electron chi connectivity index (χ4n) is 1.69. The first-order valence-electron chi connectivity index (χ1n) is 5.77. The van der Waals surface area contributed by atoms with E-state index in [2.05, 4.69) is 11.4 Å². The van der Waals surface area contributed by atoms with Gasteiger partial charge >= 0.3 is 0 Å². The Morgan fingerprint density at radius 2 is 1.95 bits per heavy atom. The second-order valence-electron chi connectivity index (χ2n) is 4.08. The van der Waals surface area contributed by atoms with E-state index in [1.54, 1.807) is 30.3 Å². The van der Waals surface area contributed by atoms with Crippen LogP contribution in [0.3, 0.4) is 0 Å². The third-order valence-corrected chi connectivity index (χ3v) is 2.97.